The van der Waals surface area contributed by atoms with Crippen molar-refractivity contribution in [2.24, 2.45) is 4.99 Å². The summed E-state index contributed by atoms with van der Waals surface area (Å²) in [4.78, 5) is 4.68. The number of nitrogens with zero attached hydrogens (tertiary/aromatic N) is 1. The smallest absolute Gasteiger partial charge is 0.191 e. The molecule has 0 radical (unpaired) electrons. The van der Waals surface area contributed by atoms with Crippen LogP contribution in [0.25, 0.3) is 0 Å². The lowest BCUT2D eigenvalue weighted by atomic mass is 10.1. The van der Waals surface area contributed by atoms with Crippen molar-refractivity contribution in [3.63, 3.8) is 0 Å². The van der Waals surface area contributed by atoms with Crippen LogP contribution in [0.4, 0.5) is 0 Å². The second-order valence-corrected chi connectivity index (χ2v) is 6.67. The highest BCUT2D eigenvalue weighted by Crippen LogP contribution is 2.21. The summed E-state index contributed by atoms with van der Waals surface area (Å²) in [6.07, 6.45) is 0. The lowest BCUT2D eigenvalue weighted by Gasteiger charge is -2.24. The molecular weight excluding hydrogens is 330 g/mol. The third-order valence-electron chi connectivity index (χ3n) is 3.90. The van der Waals surface area contributed by atoms with Crippen LogP contribution in [-0.4, -0.2) is 51.6 Å². The van der Waals surface area contributed by atoms with E-state index in [1.54, 1.807) is 7.11 Å². The quantitative estimate of drug-likeness (QED) is 0.359. The third kappa shape index (κ3) is 8.54. The van der Waals surface area contributed by atoms with Gasteiger partial charge in [0.05, 0.1) is 18.8 Å². The van der Waals surface area contributed by atoms with Crippen LogP contribution in [0.15, 0.2) is 23.2 Å². The molecule has 0 spiro atoms. The van der Waals surface area contributed by atoms with Gasteiger partial charge in [-0.25, -0.2) is 4.99 Å². The number of nitrogens with one attached hydrogen (secondary N) is 2. The van der Waals surface area contributed by atoms with Crippen molar-refractivity contribution >= 4 is 5.96 Å². The second-order valence-electron chi connectivity index (χ2n) is 6.67. The number of guanidine groups is 1. The van der Waals surface area contributed by atoms with Crippen molar-refractivity contribution in [3.05, 3.63) is 29.3 Å². The highest BCUT2D eigenvalue weighted by atomic mass is 16.5. The fraction of sp³-hybridized carbons (Fsp3) is 0.650. The highest BCUT2D eigenvalue weighted by Gasteiger charge is 2.16. The van der Waals surface area contributed by atoms with E-state index < -0.39 is 0 Å². The number of aryl methyl sites for hydroxylation is 1. The Morgan fingerprint density at radius 1 is 1.15 bits per heavy atom. The fourth-order valence-corrected chi connectivity index (χ4v) is 2.16. The maximum Gasteiger partial charge on any atom is 0.191 e. The molecule has 6 nitrogen and oxygen atoms in total. The molecule has 1 rings (SSSR count). The first-order valence-electron chi connectivity index (χ1n) is 9.29. The first kappa shape index (κ1) is 22.3. The molecule has 0 amide bonds. The summed E-state index contributed by atoms with van der Waals surface area (Å²) >= 11 is 0. The number of hydrogen-bond donors (Lipinski definition) is 2. The lowest BCUT2D eigenvalue weighted by Crippen LogP contribution is -2.45. The van der Waals surface area contributed by atoms with E-state index in [4.69, 9.17) is 14.2 Å². The van der Waals surface area contributed by atoms with Gasteiger partial charge in [-0.3, -0.25) is 0 Å². The number of rotatable bonds is 11. The zero-order valence-electron chi connectivity index (χ0n) is 17.1. The van der Waals surface area contributed by atoms with E-state index in [1.807, 2.05) is 33.8 Å². The Bertz CT molecular complexity index is 559. The fourth-order valence-electron chi connectivity index (χ4n) is 2.16. The summed E-state index contributed by atoms with van der Waals surface area (Å²) in [5, 5.41) is 6.59. The van der Waals surface area contributed by atoms with Crippen LogP contribution < -0.4 is 15.4 Å². The molecule has 2 N–H and O–H groups in total. The van der Waals surface area contributed by atoms with E-state index in [-0.39, 0.29) is 5.60 Å². The normalized spacial score (nSPS) is 12.2. The van der Waals surface area contributed by atoms with Gasteiger partial charge in [0, 0.05) is 32.4 Å². The molecule has 0 heterocycles. The molecule has 6 heteroatoms. The molecular formula is C20H35N3O3. The van der Waals surface area contributed by atoms with Crippen LogP contribution in [0.5, 0.6) is 5.75 Å². The first-order chi connectivity index (χ1) is 12.4. The van der Waals surface area contributed by atoms with Crippen molar-refractivity contribution < 1.29 is 14.2 Å². The number of methoxy groups -OCH3 is 1. The van der Waals surface area contributed by atoms with Gasteiger partial charge < -0.3 is 24.8 Å². The molecule has 0 aliphatic carbocycles. The Morgan fingerprint density at radius 2 is 1.92 bits per heavy atom. The van der Waals surface area contributed by atoms with Crippen LogP contribution >= 0.6 is 0 Å². The molecule has 0 saturated heterocycles. The molecule has 0 aromatic heterocycles. The summed E-state index contributed by atoms with van der Waals surface area (Å²) < 4.78 is 16.7. The van der Waals surface area contributed by atoms with Crippen molar-refractivity contribution in [2.75, 3.05) is 40.0 Å². The van der Waals surface area contributed by atoms with Crippen LogP contribution in [0.3, 0.4) is 0 Å². The Morgan fingerprint density at radius 3 is 2.58 bits per heavy atom. The topological polar surface area (TPSA) is 64.1 Å². The predicted octanol–water partition coefficient (Wildman–Crippen LogP) is 2.89. The molecule has 0 aliphatic heterocycles. The average molecular weight is 366 g/mol. The molecule has 0 fully saturated rings. The molecule has 26 heavy (non-hydrogen) atoms. The number of ether oxygens (including phenoxy) is 3. The van der Waals surface area contributed by atoms with Gasteiger partial charge in [0.15, 0.2) is 5.96 Å². The zero-order valence-corrected chi connectivity index (χ0v) is 17.1. The zero-order chi connectivity index (χ0) is 19.4. The molecule has 0 unspecified atom stereocenters. The van der Waals surface area contributed by atoms with Crippen LogP contribution in [-0.2, 0) is 16.0 Å². The minimum absolute atomic E-state index is 0.256. The Hall–Kier alpha value is -1.79. The van der Waals surface area contributed by atoms with Gasteiger partial charge in [-0.15, -0.1) is 0 Å². The first-order valence-corrected chi connectivity index (χ1v) is 9.29. The SMILES string of the molecule is CCNC(=NCc1ccc(C)cc1OCCOCC)NCC(C)(C)OC. The minimum atomic E-state index is -0.256. The molecule has 1 aromatic rings. The van der Waals surface area contributed by atoms with Gasteiger partial charge in [-0.2, -0.15) is 0 Å². The van der Waals surface area contributed by atoms with Crippen molar-refractivity contribution in [1.82, 2.24) is 10.6 Å². The van der Waals surface area contributed by atoms with Crippen LogP contribution in [0.2, 0.25) is 0 Å². The number of hydrogen-bond acceptors (Lipinski definition) is 4. The average Bonchev–Trinajstić information content (AvgIpc) is 2.62. The van der Waals surface area contributed by atoms with E-state index in [2.05, 4.69) is 34.7 Å². The third-order valence-corrected chi connectivity index (χ3v) is 3.90. The predicted molar refractivity (Wildman–Crippen MR) is 107 cm³/mol. The van der Waals surface area contributed by atoms with Crippen molar-refractivity contribution in [2.45, 2.75) is 46.8 Å². The largest absolute Gasteiger partial charge is 0.491 e. The summed E-state index contributed by atoms with van der Waals surface area (Å²) in [6, 6.07) is 6.19. The van der Waals surface area contributed by atoms with E-state index in [0.29, 0.717) is 32.9 Å². The van der Waals surface area contributed by atoms with E-state index in [9.17, 15) is 0 Å². The lowest BCUT2D eigenvalue weighted by molar-refractivity contribution is 0.0268. The van der Waals surface area contributed by atoms with Gasteiger partial charge in [-0.05, 0) is 46.2 Å². The second kappa shape index (κ2) is 11.8. The monoisotopic (exact) mass is 365 g/mol. The number of benzene rings is 1. The highest BCUT2D eigenvalue weighted by molar-refractivity contribution is 5.79. The number of aliphatic imine (C=N–C) groups is 1. The molecule has 1 aromatic carbocycles. The Balaban J connectivity index is 2.77. The van der Waals surface area contributed by atoms with E-state index >= 15 is 0 Å². The van der Waals surface area contributed by atoms with Crippen LogP contribution in [0, 0.1) is 6.92 Å². The molecule has 0 saturated carbocycles. The molecule has 0 aliphatic rings. The maximum absolute atomic E-state index is 5.89. The molecule has 148 valence electrons. The molecule has 0 bridgehead atoms. The Kier molecular flexibility index (Phi) is 10.1. The van der Waals surface area contributed by atoms with Gasteiger partial charge in [0.1, 0.15) is 12.4 Å². The van der Waals surface area contributed by atoms with E-state index in [1.165, 1.54) is 0 Å². The van der Waals surface area contributed by atoms with Gasteiger partial charge >= 0.3 is 0 Å². The molecule has 0 atom stereocenters. The van der Waals surface area contributed by atoms with E-state index in [0.717, 1.165) is 29.4 Å². The van der Waals surface area contributed by atoms with Crippen molar-refractivity contribution in [1.29, 1.82) is 0 Å². The maximum atomic E-state index is 5.89. The standard InChI is InChI=1S/C20H35N3O3/c1-7-21-19(23-15-20(4,5)24-6)22-14-17-10-9-16(3)13-18(17)26-12-11-25-8-2/h9-10,13H,7-8,11-12,14-15H2,1-6H3,(H2,21,22,23). The Labute approximate surface area is 158 Å². The summed E-state index contributed by atoms with van der Waals surface area (Å²) in [7, 11) is 1.71. The summed E-state index contributed by atoms with van der Waals surface area (Å²) in [6.45, 7) is 14.0. The minimum Gasteiger partial charge on any atom is -0.491 e. The van der Waals surface area contributed by atoms with Gasteiger partial charge in [0.2, 0.25) is 0 Å². The van der Waals surface area contributed by atoms with Crippen molar-refractivity contribution in [3.8, 4) is 5.75 Å². The summed E-state index contributed by atoms with van der Waals surface area (Å²) in [5.41, 5.74) is 1.96. The van der Waals surface area contributed by atoms with Gasteiger partial charge in [-0.1, -0.05) is 12.1 Å². The van der Waals surface area contributed by atoms with Gasteiger partial charge in [0.25, 0.3) is 0 Å². The summed E-state index contributed by atoms with van der Waals surface area (Å²) in [5.74, 6) is 1.62. The van der Waals surface area contributed by atoms with Crippen LogP contribution in [0.1, 0.15) is 38.8 Å².